The van der Waals surface area contributed by atoms with Gasteiger partial charge in [-0.15, -0.1) is 0 Å². The summed E-state index contributed by atoms with van der Waals surface area (Å²) in [5.41, 5.74) is 0.425. The third-order valence-electron chi connectivity index (χ3n) is 4.85. The van der Waals surface area contributed by atoms with Gasteiger partial charge in [-0.25, -0.2) is 4.79 Å². The fourth-order valence-corrected chi connectivity index (χ4v) is 3.37. The highest BCUT2D eigenvalue weighted by Gasteiger charge is 2.27. The molecule has 0 saturated carbocycles. The van der Waals surface area contributed by atoms with Crippen LogP contribution >= 0.6 is 0 Å². The zero-order chi connectivity index (χ0) is 20.8. The monoisotopic (exact) mass is 396 g/mol. The summed E-state index contributed by atoms with van der Waals surface area (Å²) in [5.74, 6) is -0.968. The topological polar surface area (TPSA) is 105 Å². The Balaban J connectivity index is 1.77. The molecule has 0 aromatic heterocycles. The van der Waals surface area contributed by atoms with Crippen LogP contribution in [0.3, 0.4) is 0 Å². The summed E-state index contributed by atoms with van der Waals surface area (Å²) < 4.78 is 4.89. The van der Waals surface area contributed by atoms with Crippen molar-refractivity contribution in [2.75, 3.05) is 13.2 Å². The second-order valence-corrected chi connectivity index (χ2v) is 6.95. The van der Waals surface area contributed by atoms with E-state index < -0.39 is 12.0 Å². The van der Waals surface area contributed by atoms with Crippen molar-refractivity contribution in [1.82, 2.24) is 10.6 Å². The van der Waals surface area contributed by atoms with Gasteiger partial charge in [0.25, 0.3) is 5.91 Å². The Morgan fingerprint density at radius 1 is 1.28 bits per heavy atom. The number of benzene rings is 2. The van der Waals surface area contributed by atoms with Crippen molar-refractivity contribution in [3.05, 3.63) is 54.1 Å². The van der Waals surface area contributed by atoms with Crippen LogP contribution in [0.1, 0.15) is 30.1 Å². The normalized spacial score (nSPS) is 17.3. The van der Waals surface area contributed by atoms with Gasteiger partial charge in [0.15, 0.2) is 0 Å². The Kier molecular flexibility index (Phi) is 6.49. The van der Waals surface area contributed by atoms with Crippen LogP contribution < -0.4 is 10.6 Å². The largest absolute Gasteiger partial charge is 0.508 e. The molecule has 0 aliphatic carbocycles. The molecule has 7 nitrogen and oxygen atoms in total. The van der Waals surface area contributed by atoms with E-state index in [0.717, 1.165) is 10.8 Å². The lowest BCUT2D eigenvalue weighted by Gasteiger charge is -2.18. The first kappa shape index (κ1) is 20.4. The van der Waals surface area contributed by atoms with Gasteiger partial charge in [0.2, 0.25) is 5.91 Å². The van der Waals surface area contributed by atoms with Gasteiger partial charge in [-0.05, 0) is 54.8 Å². The lowest BCUT2D eigenvalue weighted by atomic mass is 9.97. The molecule has 0 unspecified atom stereocenters. The zero-order valence-electron chi connectivity index (χ0n) is 16.2. The molecular formula is C22H24N2O5. The summed E-state index contributed by atoms with van der Waals surface area (Å²) in [5, 5.41) is 17.0. The van der Waals surface area contributed by atoms with Crippen molar-refractivity contribution in [1.29, 1.82) is 0 Å². The highest BCUT2D eigenvalue weighted by Crippen LogP contribution is 2.22. The number of phenols is 1. The molecular weight excluding hydrogens is 372 g/mol. The van der Waals surface area contributed by atoms with Gasteiger partial charge < -0.3 is 20.5 Å². The number of fused-ring (bicyclic) bond motifs is 1. The van der Waals surface area contributed by atoms with E-state index in [2.05, 4.69) is 10.6 Å². The number of aromatic hydroxyl groups is 1. The number of carbonyl (C=O) groups is 3. The first-order valence-corrected chi connectivity index (χ1v) is 9.62. The molecule has 0 radical (unpaired) electrons. The van der Waals surface area contributed by atoms with Crippen molar-refractivity contribution in [3.8, 4) is 5.75 Å². The summed E-state index contributed by atoms with van der Waals surface area (Å²) in [6.07, 6.45) is 3.92. The standard InChI is InChI=1S/C22H24N2O5/c1-2-29-20(26)8-6-18(12-16-9-10-23-21(16)27)24-22(28)15-4-3-14-5-7-19(25)13-17(14)11-15/h3-8,11,13,16,18,25H,2,9-10,12H2,1H3,(H,23,27)(H,24,28)/b8-6+/t16-,18+/m0/s1. The Hall–Kier alpha value is -3.35. The summed E-state index contributed by atoms with van der Waals surface area (Å²) in [7, 11) is 0. The summed E-state index contributed by atoms with van der Waals surface area (Å²) in [6.45, 7) is 2.58. The molecule has 3 rings (SSSR count). The van der Waals surface area contributed by atoms with Crippen LogP contribution in [0, 0.1) is 5.92 Å². The number of rotatable bonds is 7. The van der Waals surface area contributed by atoms with Crippen LogP contribution in [0.15, 0.2) is 48.6 Å². The molecule has 0 bridgehead atoms. The Morgan fingerprint density at radius 2 is 2.07 bits per heavy atom. The lowest BCUT2D eigenvalue weighted by Crippen LogP contribution is -2.36. The first-order chi connectivity index (χ1) is 14.0. The van der Waals surface area contributed by atoms with E-state index in [4.69, 9.17) is 4.74 Å². The molecule has 0 spiro atoms. The molecule has 2 atom stereocenters. The van der Waals surface area contributed by atoms with Gasteiger partial charge in [0.1, 0.15) is 5.75 Å². The van der Waals surface area contributed by atoms with E-state index in [1.165, 1.54) is 6.08 Å². The Bertz CT molecular complexity index is 953. The maximum Gasteiger partial charge on any atom is 0.330 e. The maximum atomic E-state index is 12.8. The maximum absolute atomic E-state index is 12.8. The average molecular weight is 396 g/mol. The summed E-state index contributed by atoms with van der Waals surface area (Å²) >= 11 is 0. The van der Waals surface area contributed by atoms with E-state index in [1.54, 1.807) is 49.4 Å². The van der Waals surface area contributed by atoms with Crippen molar-refractivity contribution in [3.63, 3.8) is 0 Å². The van der Waals surface area contributed by atoms with Crippen LogP contribution in [-0.4, -0.2) is 42.1 Å². The quantitative estimate of drug-likeness (QED) is 0.492. The van der Waals surface area contributed by atoms with Crippen LogP contribution in [0.5, 0.6) is 5.75 Å². The summed E-state index contributed by atoms with van der Waals surface area (Å²) in [4.78, 5) is 36.4. The molecule has 1 aliphatic heterocycles. The number of phenolic OH excluding ortho intramolecular Hbond substituents is 1. The number of hydrogen-bond donors (Lipinski definition) is 3. The molecule has 29 heavy (non-hydrogen) atoms. The smallest absolute Gasteiger partial charge is 0.330 e. The number of hydrogen-bond acceptors (Lipinski definition) is 5. The third-order valence-corrected chi connectivity index (χ3v) is 4.85. The average Bonchev–Trinajstić information content (AvgIpc) is 3.10. The predicted octanol–water partition coefficient (Wildman–Crippen LogP) is 2.29. The van der Waals surface area contributed by atoms with Crippen LogP contribution in [0.25, 0.3) is 10.8 Å². The molecule has 1 saturated heterocycles. The van der Waals surface area contributed by atoms with Crippen LogP contribution in [0.4, 0.5) is 0 Å². The van der Waals surface area contributed by atoms with Crippen molar-refractivity contribution in [2.45, 2.75) is 25.8 Å². The highest BCUT2D eigenvalue weighted by molar-refractivity contribution is 5.99. The van der Waals surface area contributed by atoms with Gasteiger partial charge in [-0.1, -0.05) is 18.2 Å². The van der Waals surface area contributed by atoms with E-state index in [0.29, 0.717) is 24.9 Å². The van der Waals surface area contributed by atoms with Gasteiger partial charge in [0, 0.05) is 30.1 Å². The van der Waals surface area contributed by atoms with E-state index in [9.17, 15) is 19.5 Å². The fraction of sp³-hybridized carbons (Fsp3) is 0.318. The molecule has 1 fully saturated rings. The molecule has 2 aromatic carbocycles. The number of esters is 1. The lowest BCUT2D eigenvalue weighted by molar-refractivity contribution is -0.137. The molecule has 3 N–H and O–H groups in total. The predicted molar refractivity (Wildman–Crippen MR) is 108 cm³/mol. The first-order valence-electron chi connectivity index (χ1n) is 9.62. The van der Waals surface area contributed by atoms with Crippen molar-refractivity contribution in [2.24, 2.45) is 5.92 Å². The molecule has 152 valence electrons. The minimum atomic E-state index is -0.499. The van der Waals surface area contributed by atoms with Crippen LogP contribution in [0.2, 0.25) is 0 Å². The zero-order valence-corrected chi connectivity index (χ0v) is 16.2. The van der Waals surface area contributed by atoms with Crippen LogP contribution in [-0.2, 0) is 14.3 Å². The van der Waals surface area contributed by atoms with Gasteiger partial charge >= 0.3 is 5.97 Å². The van der Waals surface area contributed by atoms with Gasteiger partial charge in [-0.2, -0.15) is 0 Å². The second kappa shape index (κ2) is 9.23. The molecule has 1 aliphatic rings. The van der Waals surface area contributed by atoms with Crippen molar-refractivity contribution >= 4 is 28.6 Å². The van der Waals surface area contributed by atoms with Crippen molar-refractivity contribution < 1.29 is 24.2 Å². The fourth-order valence-electron chi connectivity index (χ4n) is 3.37. The number of nitrogens with one attached hydrogen (secondary N) is 2. The SMILES string of the molecule is CCOC(=O)/C=C/[C@H](C[C@@H]1CCNC1=O)NC(=O)c1ccc2ccc(O)cc2c1. The van der Waals surface area contributed by atoms with E-state index in [-0.39, 0.29) is 30.1 Å². The Labute approximate surface area is 168 Å². The molecule has 2 aromatic rings. The van der Waals surface area contributed by atoms with E-state index in [1.807, 2.05) is 0 Å². The number of carbonyl (C=O) groups excluding carboxylic acids is 3. The number of ether oxygens (including phenoxy) is 1. The molecule has 7 heteroatoms. The minimum Gasteiger partial charge on any atom is -0.508 e. The molecule has 1 heterocycles. The van der Waals surface area contributed by atoms with Gasteiger partial charge in [0.05, 0.1) is 6.61 Å². The van der Waals surface area contributed by atoms with Gasteiger partial charge in [-0.3, -0.25) is 9.59 Å². The number of amides is 2. The highest BCUT2D eigenvalue weighted by atomic mass is 16.5. The minimum absolute atomic E-state index is 0.0463. The second-order valence-electron chi connectivity index (χ2n) is 6.95. The Morgan fingerprint density at radius 3 is 2.79 bits per heavy atom. The summed E-state index contributed by atoms with van der Waals surface area (Å²) in [6, 6.07) is 9.65. The molecule has 2 amide bonds. The third kappa shape index (κ3) is 5.34. The van der Waals surface area contributed by atoms with E-state index >= 15 is 0 Å².